The minimum absolute atomic E-state index is 0.00547. The third-order valence-corrected chi connectivity index (χ3v) is 7.85. The van der Waals surface area contributed by atoms with Crippen molar-refractivity contribution >= 4 is 22.4 Å². The van der Waals surface area contributed by atoms with E-state index in [-0.39, 0.29) is 5.91 Å². The highest BCUT2D eigenvalue weighted by Gasteiger charge is 2.51. The van der Waals surface area contributed by atoms with Gasteiger partial charge in [0.2, 0.25) is 5.91 Å². The smallest absolute Gasteiger partial charge is 0.235 e. The summed E-state index contributed by atoms with van der Waals surface area (Å²) in [7, 11) is -1.47. The van der Waals surface area contributed by atoms with E-state index in [0.717, 1.165) is 47.4 Å². The zero-order chi connectivity index (χ0) is 22.3. The van der Waals surface area contributed by atoms with Gasteiger partial charge in [-0.2, -0.15) is 0 Å². The number of anilines is 1. The second-order valence-corrected chi connectivity index (χ2v) is 10.3. The van der Waals surface area contributed by atoms with Crippen LogP contribution in [0.25, 0.3) is 11.1 Å². The van der Waals surface area contributed by atoms with Crippen molar-refractivity contribution in [3.8, 4) is 16.9 Å². The highest BCUT2D eigenvalue weighted by atomic mass is 32.3. The molecule has 1 aliphatic carbocycles. The van der Waals surface area contributed by atoms with Gasteiger partial charge in [-0.25, -0.2) is 4.72 Å². The van der Waals surface area contributed by atoms with Crippen LogP contribution in [0.5, 0.6) is 5.75 Å². The topological polar surface area (TPSA) is 90.8 Å². The Morgan fingerprint density at radius 3 is 2.50 bits per heavy atom. The minimum Gasteiger partial charge on any atom is -0.493 e. The molecular weight excluding hydrogens is 424 g/mol. The summed E-state index contributed by atoms with van der Waals surface area (Å²) in [6, 6.07) is 20.9. The first-order valence-corrected chi connectivity index (χ1v) is 12.2. The van der Waals surface area contributed by atoms with Gasteiger partial charge in [-0.3, -0.25) is 13.9 Å². The lowest BCUT2D eigenvalue weighted by molar-refractivity contribution is -0.118. The first-order valence-electron chi connectivity index (χ1n) is 10.7. The zero-order valence-electron chi connectivity index (χ0n) is 17.8. The van der Waals surface area contributed by atoms with Crippen LogP contribution < -0.4 is 14.8 Å². The first kappa shape index (κ1) is 21.0. The number of rotatable bonds is 6. The first-order chi connectivity index (χ1) is 15.4. The molecule has 0 bridgehead atoms. The molecule has 0 atom stereocenters. The molecule has 1 fully saturated rings. The van der Waals surface area contributed by atoms with E-state index in [0.29, 0.717) is 11.5 Å². The summed E-state index contributed by atoms with van der Waals surface area (Å²) in [4.78, 5) is 13.7. The summed E-state index contributed by atoms with van der Waals surface area (Å²) < 4.78 is 28.2. The molecule has 5 rings (SSSR count). The zero-order valence-corrected chi connectivity index (χ0v) is 18.6. The van der Waals surface area contributed by atoms with Crippen molar-refractivity contribution < 1.29 is 18.6 Å². The van der Waals surface area contributed by atoms with Gasteiger partial charge >= 0.3 is 0 Å². The predicted molar refractivity (Wildman–Crippen MR) is 127 cm³/mol. The van der Waals surface area contributed by atoms with Crippen LogP contribution in [-0.2, 0) is 16.6 Å². The van der Waals surface area contributed by atoms with E-state index in [4.69, 9.17) is 4.74 Å². The molecule has 6 nitrogen and oxygen atoms in total. The van der Waals surface area contributed by atoms with E-state index in [1.165, 1.54) is 12.6 Å². The lowest BCUT2D eigenvalue weighted by atomic mass is 9.93. The molecule has 4 N–H and O–H groups in total. The molecule has 0 spiro atoms. The van der Waals surface area contributed by atoms with Crippen molar-refractivity contribution in [3.05, 3.63) is 77.9 Å². The molecule has 0 radical (unpaired) electrons. The van der Waals surface area contributed by atoms with Crippen LogP contribution in [0.4, 0.5) is 5.69 Å². The Labute approximate surface area is 189 Å². The van der Waals surface area contributed by atoms with Crippen LogP contribution in [0.1, 0.15) is 24.0 Å². The molecule has 1 saturated carbocycles. The van der Waals surface area contributed by atoms with Crippen LogP contribution in [-0.4, -0.2) is 28.7 Å². The monoisotopic (exact) mass is 450 g/mol. The summed E-state index contributed by atoms with van der Waals surface area (Å²) in [5, 5.41) is 3.10. The van der Waals surface area contributed by atoms with Gasteiger partial charge in [0.25, 0.3) is 0 Å². The fourth-order valence-corrected chi connectivity index (χ4v) is 4.97. The maximum Gasteiger partial charge on any atom is 0.235 e. The number of nitrogens with one attached hydrogen (secondary N) is 2. The third kappa shape index (κ3) is 3.78. The molecule has 32 heavy (non-hydrogen) atoms. The number of ether oxygens (including phenoxy) is 1. The molecule has 3 aromatic rings. The van der Waals surface area contributed by atoms with E-state index < -0.39 is 16.2 Å². The van der Waals surface area contributed by atoms with Crippen molar-refractivity contribution in [2.75, 3.05) is 19.0 Å². The molecule has 0 unspecified atom stereocenters. The predicted octanol–water partition coefficient (Wildman–Crippen LogP) is 5.20. The van der Waals surface area contributed by atoms with E-state index in [2.05, 4.69) is 22.2 Å². The lowest BCUT2D eigenvalue weighted by Crippen LogP contribution is -2.27. The van der Waals surface area contributed by atoms with Crippen LogP contribution in [0, 0.1) is 0 Å². The van der Waals surface area contributed by atoms with Crippen molar-refractivity contribution in [3.63, 3.8) is 0 Å². The summed E-state index contributed by atoms with van der Waals surface area (Å²) in [5.74, 6) is 0.910. The van der Waals surface area contributed by atoms with E-state index in [1.807, 2.05) is 42.5 Å². The quantitative estimate of drug-likeness (QED) is 0.414. The summed E-state index contributed by atoms with van der Waals surface area (Å²) in [6.45, 7) is 0.708. The van der Waals surface area contributed by atoms with Crippen molar-refractivity contribution in [1.82, 2.24) is 4.72 Å². The Morgan fingerprint density at radius 2 is 1.78 bits per heavy atom. The Kier molecular flexibility index (Phi) is 5.22. The Bertz CT molecular complexity index is 1170. The van der Waals surface area contributed by atoms with Gasteiger partial charge in [-0.15, -0.1) is 10.8 Å². The highest BCUT2D eigenvalue weighted by Crippen LogP contribution is 2.50. The molecule has 2 aliphatic rings. The van der Waals surface area contributed by atoms with Crippen LogP contribution in [0.3, 0.4) is 0 Å². The maximum atomic E-state index is 13.2. The third-order valence-electron chi connectivity index (χ3n) is 6.35. The van der Waals surface area contributed by atoms with Gasteiger partial charge < -0.3 is 10.1 Å². The number of hydrogen-bond donors (Lipinski definition) is 4. The number of carbonyl (C=O) groups is 1. The fourth-order valence-electron chi connectivity index (χ4n) is 4.22. The number of benzene rings is 3. The van der Waals surface area contributed by atoms with E-state index >= 15 is 0 Å². The van der Waals surface area contributed by atoms with Crippen molar-refractivity contribution in [2.24, 2.45) is 0 Å². The van der Waals surface area contributed by atoms with Crippen molar-refractivity contribution in [2.45, 2.75) is 29.6 Å². The van der Waals surface area contributed by atoms with Crippen molar-refractivity contribution in [1.29, 1.82) is 0 Å². The van der Waals surface area contributed by atoms with Gasteiger partial charge in [-0.05, 0) is 65.4 Å². The molecule has 3 aromatic carbocycles. The molecule has 1 amide bonds. The SMILES string of the molecule is CNS(O)(O)c1ccc(-c2cccc(NC(=O)C3(c4ccc5c(c4)OCC5)CC3)c2)cc1. The van der Waals surface area contributed by atoms with Gasteiger partial charge in [0.15, 0.2) is 0 Å². The van der Waals surface area contributed by atoms with Gasteiger partial charge in [-0.1, -0.05) is 36.4 Å². The molecule has 0 saturated heterocycles. The average molecular weight is 451 g/mol. The highest BCUT2D eigenvalue weighted by molar-refractivity contribution is 8.22. The largest absolute Gasteiger partial charge is 0.493 e. The van der Waals surface area contributed by atoms with Crippen LogP contribution in [0.2, 0.25) is 0 Å². The fraction of sp³-hybridized carbons (Fsp3) is 0.240. The number of hydrogen-bond acceptors (Lipinski definition) is 5. The molecule has 166 valence electrons. The number of carbonyl (C=O) groups excluding carboxylic acids is 1. The van der Waals surface area contributed by atoms with Crippen LogP contribution >= 0.6 is 10.8 Å². The average Bonchev–Trinajstić information content (AvgIpc) is 3.50. The number of fused-ring (bicyclic) bond motifs is 1. The standard InChI is InChI=1S/C25H26N2O4S/c1-26-32(29,30)22-9-6-17(7-10-22)19-3-2-4-21(15-19)27-24(28)25(12-13-25)20-8-5-18-11-14-31-23(18)16-20/h2-10,15-16,26,29-30H,11-14H2,1H3,(H,27,28). The molecular formula is C25H26N2O4S. The molecule has 1 heterocycles. The molecule has 7 heteroatoms. The summed E-state index contributed by atoms with van der Waals surface area (Å²) >= 11 is 0. The van der Waals surface area contributed by atoms with Gasteiger partial charge in [0.1, 0.15) is 5.75 Å². The van der Waals surface area contributed by atoms with E-state index in [1.54, 1.807) is 12.1 Å². The van der Waals surface area contributed by atoms with Crippen LogP contribution in [0.15, 0.2) is 71.6 Å². The minimum atomic E-state index is -2.98. The second-order valence-electron chi connectivity index (χ2n) is 8.32. The van der Waals surface area contributed by atoms with Gasteiger partial charge in [0, 0.05) is 19.2 Å². The Morgan fingerprint density at radius 1 is 1.00 bits per heavy atom. The normalized spacial score (nSPS) is 16.7. The Balaban J connectivity index is 1.35. The second kappa shape index (κ2) is 7.94. The summed E-state index contributed by atoms with van der Waals surface area (Å²) in [5.41, 5.74) is 4.34. The summed E-state index contributed by atoms with van der Waals surface area (Å²) in [6.07, 6.45) is 2.59. The lowest BCUT2D eigenvalue weighted by Gasteiger charge is -2.31. The molecule has 0 aromatic heterocycles. The van der Waals surface area contributed by atoms with E-state index in [9.17, 15) is 13.9 Å². The number of amides is 1. The Hall–Kier alpha value is -2.84. The maximum absolute atomic E-state index is 13.2. The molecule has 1 aliphatic heterocycles. The van der Waals surface area contributed by atoms with Gasteiger partial charge in [0.05, 0.1) is 16.9 Å².